The van der Waals surface area contributed by atoms with Gasteiger partial charge >= 0.3 is 12.0 Å². The van der Waals surface area contributed by atoms with Crippen molar-refractivity contribution in [1.82, 2.24) is 10.6 Å². The van der Waals surface area contributed by atoms with E-state index in [-0.39, 0.29) is 0 Å². The summed E-state index contributed by atoms with van der Waals surface area (Å²) in [6, 6.07) is 1.80. The highest BCUT2D eigenvalue weighted by molar-refractivity contribution is 7.84. The Balaban J connectivity index is 2.40. The van der Waals surface area contributed by atoms with E-state index in [0.717, 1.165) is 0 Å². The largest absolute Gasteiger partial charge is 0.479 e. The van der Waals surface area contributed by atoms with Crippen molar-refractivity contribution in [3.05, 3.63) is 22.4 Å². The highest BCUT2D eigenvalue weighted by Gasteiger charge is 2.22. The molecule has 1 heterocycles. The third-order valence-electron chi connectivity index (χ3n) is 2.24. The molecule has 3 N–H and O–H groups in total. The van der Waals surface area contributed by atoms with Gasteiger partial charge in [-0.05, 0) is 17.9 Å². The lowest BCUT2D eigenvalue weighted by Gasteiger charge is -2.13. The summed E-state index contributed by atoms with van der Waals surface area (Å²) < 4.78 is 10.8. The summed E-state index contributed by atoms with van der Waals surface area (Å²) >= 11 is 1.27. The maximum Gasteiger partial charge on any atom is 0.331 e. The average molecular weight is 304 g/mol. The normalized spacial score (nSPS) is 13.5. The van der Waals surface area contributed by atoms with Gasteiger partial charge in [-0.25, -0.2) is 9.59 Å². The van der Waals surface area contributed by atoms with E-state index in [2.05, 4.69) is 10.6 Å². The molecular weight excluding hydrogens is 288 g/mol. The minimum atomic E-state index is -1.10. The van der Waals surface area contributed by atoms with E-state index in [9.17, 15) is 13.8 Å². The SMILES string of the molecule is CS(=O)CCCNC(=O)NC(C(=O)O)c1cccs1. The van der Waals surface area contributed by atoms with Crippen LogP contribution in [0.5, 0.6) is 0 Å². The Bertz CT molecular complexity index is 448. The third kappa shape index (κ3) is 5.84. The van der Waals surface area contributed by atoms with Gasteiger partial charge in [0, 0.05) is 34.2 Å². The number of rotatable bonds is 7. The molecule has 8 heteroatoms. The van der Waals surface area contributed by atoms with Crippen LogP contribution in [-0.4, -0.2) is 39.9 Å². The number of hydrogen-bond donors (Lipinski definition) is 3. The summed E-state index contributed by atoms with van der Waals surface area (Å²) in [6.45, 7) is 0.363. The van der Waals surface area contributed by atoms with Crippen LogP contribution in [0.4, 0.5) is 4.79 Å². The molecule has 0 saturated carbocycles. The van der Waals surface area contributed by atoms with Crippen molar-refractivity contribution < 1.29 is 18.9 Å². The summed E-state index contributed by atoms with van der Waals surface area (Å²) in [4.78, 5) is 23.2. The molecular formula is C11H16N2O4S2. The molecule has 0 aliphatic rings. The van der Waals surface area contributed by atoms with Crippen LogP contribution in [0.15, 0.2) is 17.5 Å². The quantitative estimate of drug-likeness (QED) is 0.653. The Morgan fingerprint density at radius 1 is 1.53 bits per heavy atom. The molecule has 0 bridgehead atoms. The Morgan fingerprint density at radius 2 is 2.26 bits per heavy atom. The van der Waals surface area contributed by atoms with Gasteiger partial charge in [0.05, 0.1) is 0 Å². The molecule has 0 radical (unpaired) electrons. The molecule has 106 valence electrons. The number of carbonyl (C=O) groups excluding carboxylic acids is 1. The Labute approximate surface area is 117 Å². The van der Waals surface area contributed by atoms with Gasteiger partial charge in [0.25, 0.3) is 0 Å². The summed E-state index contributed by atoms with van der Waals surface area (Å²) in [5, 5.41) is 15.7. The van der Waals surface area contributed by atoms with Crippen LogP contribution >= 0.6 is 11.3 Å². The topological polar surface area (TPSA) is 95.5 Å². The highest BCUT2D eigenvalue weighted by Crippen LogP contribution is 2.18. The van der Waals surface area contributed by atoms with E-state index in [1.807, 2.05) is 0 Å². The van der Waals surface area contributed by atoms with Crippen molar-refractivity contribution >= 4 is 34.1 Å². The minimum Gasteiger partial charge on any atom is -0.479 e. The van der Waals surface area contributed by atoms with Gasteiger partial charge in [0.2, 0.25) is 0 Å². The van der Waals surface area contributed by atoms with Crippen LogP contribution in [0, 0.1) is 0 Å². The smallest absolute Gasteiger partial charge is 0.331 e. The molecule has 2 atom stereocenters. The first-order chi connectivity index (χ1) is 9.00. The molecule has 1 aromatic rings. The van der Waals surface area contributed by atoms with Crippen LogP contribution < -0.4 is 10.6 Å². The number of amides is 2. The number of urea groups is 1. The molecule has 19 heavy (non-hydrogen) atoms. The summed E-state index contributed by atoms with van der Waals surface area (Å²) in [7, 11) is -0.887. The van der Waals surface area contributed by atoms with Crippen molar-refractivity contribution in [3.8, 4) is 0 Å². The molecule has 0 aliphatic carbocycles. The van der Waals surface area contributed by atoms with E-state index < -0.39 is 28.8 Å². The molecule has 0 aromatic carbocycles. The zero-order valence-corrected chi connectivity index (χ0v) is 12.1. The first-order valence-corrected chi connectivity index (χ1v) is 8.22. The maximum atomic E-state index is 11.5. The lowest BCUT2D eigenvalue weighted by Crippen LogP contribution is -2.41. The van der Waals surface area contributed by atoms with Crippen molar-refractivity contribution in [2.75, 3.05) is 18.6 Å². The molecule has 0 saturated heterocycles. The van der Waals surface area contributed by atoms with Gasteiger partial charge < -0.3 is 15.7 Å². The zero-order valence-electron chi connectivity index (χ0n) is 10.4. The predicted octanol–water partition coefficient (Wildman–Crippen LogP) is 0.942. The molecule has 6 nitrogen and oxygen atoms in total. The van der Waals surface area contributed by atoms with Gasteiger partial charge in [-0.15, -0.1) is 11.3 Å². The summed E-state index contributed by atoms with van der Waals surface area (Å²) in [5.74, 6) is -0.597. The molecule has 0 spiro atoms. The maximum absolute atomic E-state index is 11.5. The number of carbonyl (C=O) groups is 2. The standard InChI is InChI=1S/C11H16N2O4S2/c1-19(17)7-3-5-12-11(16)13-9(10(14)15)8-4-2-6-18-8/h2,4,6,9H,3,5,7H2,1H3,(H,14,15)(H2,12,13,16). The number of nitrogens with one attached hydrogen (secondary N) is 2. The number of hydrogen-bond acceptors (Lipinski definition) is 4. The second-order valence-corrected chi connectivity index (χ2v) is 6.35. The van der Waals surface area contributed by atoms with E-state index in [4.69, 9.17) is 5.11 Å². The monoisotopic (exact) mass is 304 g/mol. The number of aliphatic carboxylic acids is 1. The highest BCUT2D eigenvalue weighted by atomic mass is 32.2. The molecule has 0 aliphatic heterocycles. The lowest BCUT2D eigenvalue weighted by molar-refractivity contribution is -0.139. The first-order valence-electron chi connectivity index (χ1n) is 5.61. The van der Waals surface area contributed by atoms with Gasteiger partial charge in [-0.2, -0.15) is 0 Å². The molecule has 0 fully saturated rings. The van der Waals surface area contributed by atoms with Gasteiger partial charge in [0.1, 0.15) is 0 Å². The molecule has 1 aromatic heterocycles. The Hall–Kier alpha value is -1.41. The second kappa shape index (κ2) is 7.90. The molecule has 1 rings (SSSR count). The van der Waals surface area contributed by atoms with E-state index >= 15 is 0 Å². The fourth-order valence-corrected chi connectivity index (χ4v) is 2.69. The van der Waals surface area contributed by atoms with E-state index in [1.54, 1.807) is 23.8 Å². The number of thiophene rings is 1. The van der Waals surface area contributed by atoms with E-state index in [0.29, 0.717) is 23.6 Å². The predicted molar refractivity (Wildman–Crippen MR) is 74.8 cm³/mol. The first kappa shape index (κ1) is 15.6. The van der Waals surface area contributed by atoms with Crippen LogP contribution in [0.2, 0.25) is 0 Å². The van der Waals surface area contributed by atoms with Crippen LogP contribution in [0.1, 0.15) is 17.3 Å². The van der Waals surface area contributed by atoms with Crippen molar-refractivity contribution in [2.45, 2.75) is 12.5 Å². The Morgan fingerprint density at radius 3 is 2.79 bits per heavy atom. The average Bonchev–Trinajstić information content (AvgIpc) is 2.84. The van der Waals surface area contributed by atoms with E-state index in [1.165, 1.54) is 11.3 Å². The lowest BCUT2D eigenvalue weighted by atomic mass is 10.2. The number of carboxylic acid groups (broad SMARTS) is 1. The third-order valence-corrected chi connectivity index (χ3v) is 4.04. The summed E-state index contributed by atoms with van der Waals surface area (Å²) in [6.07, 6.45) is 2.19. The van der Waals surface area contributed by atoms with Gasteiger partial charge in [0.15, 0.2) is 6.04 Å². The second-order valence-electron chi connectivity index (χ2n) is 3.82. The van der Waals surface area contributed by atoms with Crippen molar-refractivity contribution in [2.24, 2.45) is 0 Å². The Kier molecular flexibility index (Phi) is 6.51. The molecule has 2 unspecified atom stereocenters. The number of carboxylic acids is 1. The van der Waals surface area contributed by atoms with Crippen LogP contribution in [-0.2, 0) is 15.6 Å². The fraction of sp³-hybridized carbons (Fsp3) is 0.455. The van der Waals surface area contributed by atoms with Gasteiger partial charge in [-0.3, -0.25) is 4.21 Å². The fourth-order valence-electron chi connectivity index (χ4n) is 1.37. The van der Waals surface area contributed by atoms with Gasteiger partial charge in [-0.1, -0.05) is 6.07 Å². The zero-order chi connectivity index (χ0) is 14.3. The van der Waals surface area contributed by atoms with Crippen LogP contribution in [0.3, 0.4) is 0 Å². The molecule has 2 amide bonds. The van der Waals surface area contributed by atoms with Crippen molar-refractivity contribution in [3.63, 3.8) is 0 Å². The van der Waals surface area contributed by atoms with Crippen molar-refractivity contribution in [1.29, 1.82) is 0 Å². The summed E-state index contributed by atoms with van der Waals surface area (Å²) in [5.41, 5.74) is 0. The van der Waals surface area contributed by atoms with Crippen LogP contribution in [0.25, 0.3) is 0 Å². The minimum absolute atomic E-state index is 0.363.